The summed E-state index contributed by atoms with van der Waals surface area (Å²) in [5.41, 5.74) is 4.92. The van der Waals surface area contributed by atoms with Gasteiger partial charge in [0, 0.05) is 13.0 Å². The van der Waals surface area contributed by atoms with Gasteiger partial charge in [-0.1, -0.05) is 0 Å². The second-order valence-electron chi connectivity index (χ2n) is 3.82. The quantitative estimate of drug-likeness (QED) is 0.499. The van der Waals surface area contributed by atoms with E-state index in [1.54, 1.807) is 0 Å². The third-order valence-corrected chi connectivity index (χ3v) is 2.46. The van der Waals surface area contributed by atoms with E-state index >= 15 is 0 Å². The normalized spacial score (nSPS) is 10.2. The van der Waals surface area contributed by atoms with E-state index in [0.717, 1.165) is 6.20 Å². The molecule has 20 heavy (non-hydrogen) atoms. The molecule has 0 spiro atoms. The minimum Gasteiger partial charge on any atom is -0.384 e. The number of aromatic nitrogens is 4. The van der Waals surface area contributed by atoms with Crippen LogP contribution in [0.1, 0.15) is 16.2 Å². The van der Waals surface area contributed by atoms with Crippen LogP contribution >= 0.6 is 0 Å². The summed E-state index contributed by atoms with van der Waals surface area (Å²) in [7, 11) is 0. The smallest absolute Gasteiger partial charge is 0.300 e. The minimum atomic E-state index is -0.683. The van der Waals surface area contributed by atoms with Crippen LogP contribution in [0.3, 0.4) is 0 Å². The first-order valence-corrected chi connectivity index (χ1v) is 5.60. The lowest BCUT2D eigenvalue weighted by atomic mass is 10.2. The number of aromatic amines is 1. The Kier molecular flexibility index (Phi) is 3.84. The molecule has 0 aliphatic heterocycles. The summed E-state index contributed by atoms with van der Waals surface area (Å²) in [6.45, 7) is 0.257. The van der Waals surface area contributed by atoms with E-state index in [2.05, 4.69) is 25.5 Å². The fraction of sp³-hybridized carbons (Fsp3) is 0.200. The van der Waals surface area contributed by atoms with E-state index in [4.69, 9.17) is 5.73 Å². The molecule has 0 saturated heterocycles. The molecule has 2 heterocycles. The molecule has 0 aliphatic rings. The number of rotatable bonds is 5. The van der Waals surface area contributed by atoms with Crippen molar-refractivity contribution in [1.29, 1.82) is 0 Å². The number of carbonyl (C=O) groups is 1. The number of H-pyrrole nitrogens is 1. The molecule has 2 aromatic rings. The number of nitrogens with one attached hydrogen (secondary N) is 2. The number of nitrogens with zero attached hydrogens (tertiary/aromatic N) is 4. The topological polar surface area (TPSA) is 153 Å². The van der Waals surface area contributed by atoms with Crippen molar-refractivity contribution in [3.63, 3.8) is 0 Å². The van der Waals surface area contributed by atoms with Crippen LogP contribution < -0.4 is 11.1 Å². The Balaban J connectivity index is 2.05. The van der Waals surface area contributed by atoms with Crippen LogP contribution in [0.5, 0.6) is 0 Å². The average molecular weight is 277 g/mol. The second kappa shape index (κ2) is 5.73. The summed E-state index contributed by atoms with van der Waals surface area (Å²) in [6.07, 6.45) is 2.74. The third-order valence-electron chi connectivity index (χ3n) is 2.46. The largest absolute Gasteiger partial charge is 0.384 e. The molecule has 0 unspecified atom stereocenters. The Morgan fingerprint density at radius 3 is 2.95 bits per heavy atom. The van der Waals surface area contributed by atoms with Gasteiger partial charge >= 0.3 is 0 Å². The van der Waals surface area contributed by atoms with Gasteiger partial charge in [0.15, 0.2) is 0 Å². The molecular weight excluding hydrogens is 266 g/mol. The van der Waals surface area contributed by atoms with Crippen LogP contribution in [0, 0.1) is 10.1 Å². The van der Waals surface area contributed by atoms with Gasteiger partial charge in [-0.3, -0.25) is 20.0 Å². The van der Waals surface area contributed by atoms with Crippen LogP contribution in [-0.4, -0.2) is 37.5 Å². The first-order valence-electron chi connectivity index (χ1n) is 5.60. The van der Waals surface area contributed by atoms with E-state index < -0.39 is 16.5 Å². The maximum absolute atomic E-state index is 11.9. The molecule has 2 rings (SSSR count). The summed E-state index contributed by atoms with van der Waals surface area (Å²) in [6, 6.07) is 1.17. The number of anilines is 1. The minimum absolute atomic E-state index is 0.0379. The first kappa shape index (κ1) is 13.4. The molecule has 0 radical (unpaired) electrons. The average Bonchev–Trinajstić information content (AvgIpc) is 2.91. The Bertz CT molecular complexity index is 626. The van der Waals surface area contributed by atoms with E-state index in [1.165, 1.54) is 12.4 Å². The van der Waals surface area contributed by atoms with E-state index in [1.807, 2.05) is 0 Å². The number of hydrogen-bond acceptors (Lipinski definition) is 7. The first-order chi connectivity index (χ1) is 9.58. The highest BCUT2D eigenvalue weighted by atomic mass is 16.6. The highest BCUT2D eigenvalue weighted by Crippen LogP contribution is 2.18. The van der Waals surface area contributed by atoms with Crippen molar-refractivity contribution in [3.8, 4) is 0 Å². The maximum Gasteiger partial charge on any atom is 0.300 e. The lowest BCUT2D eigenvalue weighted by Gasteiger charge is -2.05. The molecule has 1 amide bonds. The fourth-order valence-corrected chi connectivity index (χ4v) is 1.53. The highest BCUT2D eigenvalue weighted by Gasteiger charge is 2.20. The van der Waals surface area contributed by atoms with Crippen LogP contribution in [0.4, 0.5) is 11.5 Å². The van der Waals surface area contributed by atoms with Crippen LogP contribution in [0.15, 0.2) is 18.6 Å². The van der Waals surface area contributed by atoms with E-state index in [-0.39, 0.29) is 17.9 Å². The van der Waals surface area contributed by atoms with E-state index in [9.17, 15) is 14.9 Å². The molecule has 0 atom stereocenters. The molecule has 0 saturated carbocycles. The standard InChI is InChI=1S/C10H11N7O3/c11-8-3-6(7(4-13-8)17(19)20)10(18)12-2-1-9-14-5-15-16-9/h3-5H,1-2H2,(H2,11,13)(H,12,18)(H,14,15,16). The van der Waals surface area contributed by atoms with Crippen LogP contribution in [-0.2, 0) is 6.42 Å². The number of carbonyl (C=O) groups excluding carboxylic acids is 1. The summed E-state index contributed by atoms with van der Waals surface area (Å²) >= 11 is 0. The zero-order chi connectivity index (χ0) is 14.5. The Morgan fingerprint density at radius 1 is 1.50 bits per heavy atom. The van der Waals surface area contributed by atoms with E-state index in [0.29, 0.717) is 12.2 Å². The van der Waals surface area contributed by atoms with Gasteiger partial charge < -0.3 is 11.1 Å². The number of nitro groups is 1. The van der Waals surface area contributed by atoms with Crippen molar-refractivity contribution in [2.24, 2.45) is 0 Å². The van der Waals surface area contributed by atoms with Crippen molar-refractivity contribution in [2.75, 3.05) is 12.3 Å². The summed E-state index contributed by atoms with van der Waals surface area (Å²) in [5.74, 6) is 0.0512. The predicted octanol–water partition coefficient (Wildman–Crippen LogP) is -0.337. The summed E-state index contributed by atoms with van der Waals surface area (Å²) < 4.78 is 0. The van der Waals surface area contributed by atoms with Gasteiger partial charge in [-0.05, 0) is 6.07 Å². The monoisotopic (exact) mass is 277 g/mol. The fourth-order valence-electron chi connectivity index (χ4n) is 1.53. The zero-order valence-electron chi connectivity index (χ0n) is 10.2. The number of pyridine rings is 1. The van der Waals surface area contributed by atoms with Gasteiger partial charge in [0.05, 0.1) is 4.92 Å². The Hall–Kier alpha value is -3.04. The van der Waals surface area contributed by atoms with Crippen molar-refractivity contribution < 1.29 is 9.72 Å². The maximum atomic E-state index is 11.9. The zero-order valence-corrected chi connectivity index (χ0v) is 10.2. The van der Waals surface area contributed by atoms with Crippen LogP contribution in [0.2, 0.25) is 0 Å². The Labute approximate surface area is 112 Å². The summed E-state index contributed by atoms with van der Waals surface area (Å²) in [5, 5.41) is 19.7. The number of nitrogen functional groups attached to an aromatic ring is 1. The van der Waals surface area contributed by atoms with Gasteiger partial charge in [-0.15, -0.1) is 0 Å². The molecule has 0 aromatic carbocycles. The highest BCUT2D eigenvalue weighted by molar-refractivity contribution is 5.98. The second-order valence-corrected chi connectivity index (χ2v) is 3.82. The van der Waals surface area contributed by atoms with Crippen molar-refractivity contribution in [1.82, 2.24) is 25.5 Å². The molecule has 10 heteroatoms. The molecule has 104 valence electrons. The number of hydrogen-bond donors (Lipinski definition) is 3. The van der Waals surface area contributed by atoms with Gasteiger partial charge in [0.2, 0.25) is 0 Å². The molecular formula is C10H11N7O3. The molecule has 0 aliphatic carbocycles. The molecule has 0 fully saturated rings. The molecule has 2 aromatic heterocycles. The SMILES string of the molecule is Nc1cc(C(=O)NCCc2ncn[nH]2)c([N+](=O)[O-])cn1. The lowest BCUT2D eigenvalue weighted by molar-refractivity contribution is -0.385. The van der Waals surface area contributed by atoms with Gasteiger partial charge in [0.25, 0.3) is 11.6 Å². The predicted molar refractivity (Wildman–Crippen MR) is 67.7 cm³/mol. The third kappa shape index (κ3) is 3.04. The molecule has 4 N–H and O–H groups in total. The number of amides is 1. The van der Waals surface area contributed by atoms with Crippen molar-refractivity contribution in [3.05, 3.63) is 40.1 Å². The van der Waals surface area contributed by atoms with Gasteiger partial charge in [0.1, 0.15) is 29.7 Å². The number of nitrogens with two attached hydrogens (primary N) is 1. The lowest BCUT2D eigenvalue weighted by Crippen LogP contribution is -2.27. The van der Waals surface area contributed by atoms with Gasteiger partial charge in [-0.25, -0.2) is 9.97 Å². The van der Waals surface area contributed by atoms with Gasteiger partial charge in [-0.2, -0.15) is 5.10 Å². The van der Waals surface area contributed by atoms with Crippen LogP contribution in [0.25, 0.3) is 0 Å². The van der Waals surface area contributed by atoms with Crippen molar-refractivity contribution >= 4 is 17.4 Å². The summed E-state index contributed by atoms with van der Waals surface area (Å²) in [4.78, 5) is 29.5. The Morgan fingerprint density at radius 2 is 2.30 bits per heavy atom. The van der Waals surface area contributed by atoms with Crippen molar-refractivity contribution in [2.45, 2.75) is 6.42 Å². The molecule has 10 nitrogen and oxygen atoms in total. The molecule has 0 bridgehead atoms.